The van der Waals surface area contributed by atoms with Crippen LogP contribution in [0.3, 0.4) is 0 Å². The van der Waals surface area contributed by atoms with Gasteiger partial charge in [0, 0.05) is 47.5 Å². The van der Waals surface area contributed by atoms with E-state index in [1.54, 1.807) is 13.2 Å². The molecule has 0 saturated heterocycles. The minimum absolute atomic E-state index is 0.310. The summed E-state index contributed by atoms with van der Waals surface area (Å²) in [5.74, 6) is -0.541. The van der Waals surface area contributed by atoms with Gasteiger partial charge in [-0.05, 0) is 149 Å². The molecule has 0 fully saturated rings. The molecular weight excluding hydrogens is 989 g/mol. The van der Waals surface area contributed by atoms with Crippen LogP contribution in [0.25, 0.3) is 64.7 Å². The van der Waals surface area contributed by atoms with E-state index in [0.29, 0.717) is 81.4 Å². The van der Waals surface area contributed by atoms with Gasteiger partial charge in [0.1, 0.15) is 39.0 Å². The van der Waals surface area contributed by atoms with Crippen LogP contribution in [0.1, 0.15) is 101 Å². The third kappa shape index (κ3) is 8.44. The molecule has 12 rings (SSSR count). The van der Waals surface area contributed by atoms with E-state index in [0.717, 1.165) is 111 Å². The smallest absolute Gasteiger partial charge is 0.256 e. The van der Waals surface area contributed by atoms with E-state index in [2.05, 4.69) is 34.2 Å². The van der Waals surface area contributed by atoms with Gasteiger partial charge in [-0.1, -0.05) is 85.3 Å². The molecule has 0 atom stereocenters. The maximum Gasteiger partial charge on any atom is 0.256 e. The molecule has 3 N–H and O–H groups in total. The largest absolute Gasteiger partial charge is 0.495 e. The van der Waals surface area contributed by atoms with Gasteiger partial charge in [0.25, 0.3) is 17.7 Å². The standard InChI is InChI=1S/C62H44N6O4S3/c1-72-56-43-17-6-5-13-39(43)49(59(71)68-62-52(33-65)42-16-8-10-21-55(42)75-62)30-47(56)37-25-24-36-26-38(29-48(46(36)28-37)58(70)67-61-51(32-64)41-15-7-9-20-54(41)74-61)35-23-22-34-12-11-18-44(45(34)27-35)57(69)66-60-50(31-63)40-14-3-2-4-19-53(40)73-60/h5-7,9,11-13,15,17-18,20,22-30H,2-4,8,10,14,16,19,21H2,1H3,(H,66,69)(H,67,70)(H,68,71). The summed E-state index contributed by atoms with van der Waals surface area (Å²) in [5, 5.41) is 46.8. The Morgan fingerprint density at radius 3 is 1.71 bits per heavy atom. The fraction of sp³-hybridized carbons (Fsp3) is 0.161. The van der Waals surface area contributed by atoms with E-state index < -0.39 is 5.91 Å². The first-order valence-corrected chi connectivity index (χ1v) is 27.3. The summed E-state index contributed by atoms with van der Waals surface area (Å²) in [7, 11) is 1.60. The molecule has 7 aromatic carbocycles. The number of nitrogens with one attached hydrogen (secondary N) is 3. The summed E-state index contributed by atoms with van der Waals surface area (Å²) in [5.41, 5.74) is 7.55. The Hall–Kier alpha value is -8.64. The van der Waals surface area contributed by atoms with Crippen LogP contribution in [0, 0.1) is 34.0 Å². The average Bonchev–Trinajstić information content (AvgIpc) is 4.03. The Balaban J connectivity index is 0.976. The minimum atomic E-state index is -0.428. The lowest BCUT2D eigenvalue weighted by Gasteiger charge is -2.17. The number of aryl methyl sites for hydroxylation is 2. The molecule has 0 aliphatic heterocycles. The second-order valence-corrected chi connectivity index (χ2v) is 22.2. The summed E-state index contributed by atoms with van der Waals surface area (Å²) in [6.45, 7) is 0. The number of anilines is 3. The van der Waals surface area contributed by atoms with Crippen LogP contribution >= 0.6 is 34.0 Å². The van der Waals surface area contributed by atoms with Crippen LogP contribution in [0.5, 0.6) is 5.75 Å². The fourth-order valence-corrected chi connectivity index (χ4v) is 14.5. The topological polar surface area (TPSA) is 168 Å². The monoisotopic (exact) mass is 1030 g/mol. The lowest BCUT2D eigenvalue weighted by Crippen LogP contribution is -2.13. The van der Waals surface area contributed by atoms with Gasteiger partial charge >= 0.3 is 0 Å². The number of carbonyl (C=O) groups excluding carboxylic acids is 3. The molecule has 3 amide bonds. The number of methoxy groups -OCH3 is 1. The molecule has 0 bridgehead atoms. The van der Waals surface area contributed by atoms with Crippen molar-refractivity contribution in [3.8, 4) is 46.2 Å². The van der Waals surface area contributed by atoms with Gasteiger partial charge in [-0.2, -0.15) is 15.8 Å². The summed E-state index contributed by atoms with van der Waals surface area (Å²) in [6.07, 6.45) is 8.71. The Bertz CT molecular complexity index is 4200. The lowest BCUT2D eigenvalue weighted by atomic mass is 9.90. The number of nitriles is 3. The van der Waals surface area contributed by atoms with Gasteiger partial charge in [-0.25, -0.2) is 0 Å². The van der Waals surface area contributed by atoms with Crippen LogP contribution in [-0.4, -0.2) is 24.8 Å². The quantitative estimate of drug-likeness (QED) is 0.121. The molecule has 10 aromatic rings. The Morgan fingerprint density at radius 2 is 1.01 bits per heavy atom. The third-order valence-electron chi connectivity index (χ3n) is 14.6. The SMILES string of the molecule is COc1c(-c2ccc3cc(-c4ccc5cccc(C(=O)Nc6sc7c(c6C#N)CCCCC7)c5c4)cc(C(=O)Nc4sc5ccccc5c4C#N)c3c2)cc(C(=O)Nc2sc3c(c2C#N)CCCC3)c2ccccc12. The molecule has 2 aliphatic rings. The second kappa shape index (κ2) is 19.7. The highest BCUT2D eigenvalue weighted by Gasteiger charge is 2.27. The molecule has 13 heteroatoms. The molecule has 364 valence electrons. The molecule has 0 radical (unpaired) electrons. The van der Waals surface area contributed by atoms with Crippen molar-refractivity contribution in [2.75, 3.05) is 23.1 Å². The van der Waals surface area contributed by atoms with Gasteiger partial charge in [0.05, 0.1) is 23.8 Å². The summed E-state index contributed by atoms with van der Waals surface area (Å²) >= 11 is 4.32. The van der Waals surface area contributed by atoms with Gasteiger partial charge in [-0.15, -0.1) is 34.0 Å². The van der Waals surface area contributed by atoms with Crippen molar-refractivity contribution in [3.63, 3.8) is 0 Å². The zero-order chi connectivity index (χ0) is 51.3. The number of rotatable bonds is 9. The van der Waals surface area contributed by atoms with E-state index in [1.807, 2.05) is 115 Å². The number of thiophene rings is 3. The predicted octanol–water partition coefficient (Wildman–Crippen LogP) is 15.3. The Kier molecular flexibility index (Phi) is 12.4. The molecule has 0 unspecified atom stereocenters. The number of amides is 3. The highest BCUT2D eigenvalue weighted by molar-refractivity contribution is 7.23. The van der Waals surface area contributed by atoms with E-state index in [4.69, 9.17) is 4.74 Å². The van der Waals surface area contributed by atoms with Crippen molar-refractivity contribution in [2.45, 2.75) is 57.8 Å². The molecule has 75 heavy (non-hydrogen) atoms. The van der Waals surface area contributed by atoms with Crippen molar-refractivity contribution in [2.24, 2.45) is 0 Å². The number of ether oxygens (including phenoxy) is 1. The molecular formula is C62H44N6O4S3. The first-order chi connectivity index (χ1) is 36.7. The first kappa shape index (κ1) is 47.4. The molecule has 0 spiro atoms. The minimum Gasteiger partial charge on any atom is -0.495 e. The van der Waals surface area contributed by atoms with Crippen molar-refractivity contribution in [3.05, 3.63) is 176 Å². The predicted molar refractivity (Wildman–Crippen MR) is 303 cm³/mol. The van der Waals surface area contributed by atoms with Crippen molar-refractivity contribution in [1.82, 2.24) is 0 Å². The van der Waals surface area contributed by atoms with Crippen LogP contribution in [0.2, 0.25) is 0 Å². The number of hydrogen-bond donors (Lipinski definition) is 3. The summed E-state index contributed by atoms with van der Waals surface area (Å²) in [6, 6.07) is 45.2. The lowest BCUT2D eigenvalue weighted by molar-refractivity contribution is 0.102. The zero-order valence-corrected chi connectivity index (χ0v) is 43.1. The first-order valence-electron chi connectivity index (χ1n) is 24.9. The number of carbonyl (C=O) groups is 3. The van der Waals surface area contributed by atoms with Crippen LogP contribution in [-0.2, 0) is 25.7 Å². The van der Waals surface area contributed by atoms with Crippen LogP contribution in [0.15, 0.2) is 121 Å². The second-order valence-electron chi connectivity index (χ2n) is 18.9. The number of fused-ring (bicyclic) bond motifs is 6. The fourth-order valence-electron chi connectivity index (χ4n) is 11.0. The highest BCUT2D eigenvalue weighted by atomic mass is 32.1. The van der Waals surface area contributed by atoms with E-state index in [9.17, 15) is 25.4 Å². The number of hydrogen-bond acceptors (Lipinski definition) is 10. The molecule has 3 aromatic heterocycles. The average molecular weight is 1030 g/mol. The number of benzene rings is 7. The van der Waals surface area contributed by atoms with E-state index >= 15 is 4.79 Å². The van der Waals surface area contributed by atoms with E-state index in [-0.39, 0.29) is 11.8 Å². The zero-order valence-electron chi connectivity index (χ0n) is 40.6. The molecule has 3 heterocycles. The molecule has 2 aliphatic carbocycles. The van der Waals surface area contributed by atoms with Gasteiger partial charge in [0.15, 0.2) is 0 Å². The van der Waals surface area contributed by atoms with Crippen LogP contribution < -0.4 is 20.7 Å². The van der Waals surface area contributed by atoms with Crippen molar-refractivity contribution < 1.29 is 19.1 Å². The maximum atomic E-state index is 15.0. The highest BCUT2D eigenvalue weighted by Crippen LogP contribution is 2.44. The Labute approximate surface area is 444 Å². The van der Waals surface area contributed by atoms with Crippen LogP contribution in [0.4, 0.5) is 15.0 Å². The van der Waals surface area contributed by atoms with Gasteiger partial charge < -0.3 is 20.7 Å². The molecule has 10 nitrogen and oxygen atoms in total. The van der Waals surface area contributed by atoms with E-state index in [1.165, 1.54) is 38.9 Å². The third-order valence-corrected chi connectivity index (χ3v) is 18.1. The summed E-state index contributed by atoms with van der Waals surface area (Å²) in [4.78, 5) is 46.2. The maximum absolute atomic E-state index is 15.0. The summed E-state index contributed by atoms with van der Waals surface area (Å²) < 4.78 is 7.03. The molecule has 0 saturated carbocycles. The van der Waals surface area contributed by atoms with Gasteiger partial charge in [-0.3, -0.25) is 14.4 Å². The van der Waals surface area contributed by atoms with Gasteiger partial charge in [0.2, 0.25) is 0 Å². The number of nitrogens with zero attached hydrogens (tertiary/aromatic N) is 3. The van der Waals surface area contributed by atoms with Crippen molar-refractivity contribution in [1.29, 1.82) is 15.8 Å². The van der Waals surface area contributed by atoms with Crippen molar-refractivity contribution >= 4 is 109 Å². The normalized spacial score (nSPS) is 13.0. The Morgan fingerprint density at radius 1 is 0.467 bits per heavy atom.